The molecule has 0 aliphatic carbocycles. The van der Waals surface area contributed by atoms with E-state index in [2.05, 4.69) is 10.5 Å². The van der Waals surface area contributed by atoms with Crippen LogP contribution in [0.2, 0.25) is 0 Å². The van der Waals surface area contributed by atoms with E-state index in [1.54, 1.807) is 29.8 Å². The molecule has 0 radical (unpaired) electrons. The average molecular weight is 369 g/mol. The van der Waals surface area contributed by atoms with Crippen molar-refractivity contribution in [2.24, 2.45) is 12.2 Å². The first kappa shape index (κ1) is 18.7. The highest BCUT2D eigenvalue weighted by atomic mass is 16.6. The van der Waals surface area contributed by atoms with Crippen LogP contribution in [0.15, 0.2) is 41.7 Å². The molecule has 1 amide bonds. The van der Waals surface area contributed by atoms with Crippen LogP contribution < -0.4 is 5.32 Å². The zero-order valence-electron chi connectivity index (χ0n) is 15.7. The smallest absolute Gasteiger partial charge is 0.354 e. The normalized spacial score (nSPS) is 15.8. The van der Waals surface area contributed by atoms with E-state index < -0.39 is 5.97 Å². The number of carbonyl (C=O) groups excluding carboxylic acids is 2. The number of methoxy groups -OCH3 is 1. The second-order valence-corrected chi connectivity index (χ2v) is 6.45. The lowest BCUT2D eigenvalue weighted by Crippen LogP contribution is -2.32. The molecular weight excluding hydrogens is 346 g/mol. The summed E-state index contributed by atoms with van der Waals surface area (Å²) in [6, 6.07) is 9.02. The summed E-state index contributed by atoms with van der Waals surface area (Å²) < 4.78 is 6.48. The molecule has 2 heterocycles. The number of oxime groups is 1. The molecule has 0 unspecified atom stereocenters. The standard InChI is InChI=1S/C20H23N3O4/c1-4-16-10-17(27-22-16)11-21-19(24)14-7-5-6-13(8-14)15-9-18(20(25)26-3)23(2)12-15/h5-9,12,17H,4,10-11H2,1-3H3,(H,21,24)/t17-/m0/s1. The van der Waals surface area contributed by atoms with Crippen molar-refractivity contribution in [1.82, 2.24) is 9.88 Å². The molecule has 3 rings (SSSR count). The topological polar surface area (TPSA) is 81.9 Å². The first-order valence-corrected chi connectivity index (χ1v) is 8.86. The van der Waals surface area contributed by atoms with Crippen molar-refractivity contribution < 1.29 is 19.2 Å². The van der Waals surface area contributed by atoms with Gasteiger partial charge in [0.25, 0.3) is 5.91 Å². The molecule has 0 saturated heterocycles. The van der Waals surface area contributed by atoms with Crippen LogP contribution in [0.4, 0.5) is 0 Å². The lowest BCUT2D eigenvalue weighted by atomic mass is 10.0. The summed E-state index contributed by atoms with van der Waals surface area (Å²) in [5, 5.41) is 6.89. The van der Waals surface area contributed by atoms with Crippen LogP contribution in [-0.4, -0.2) is 41.9 Å². The Labute approximate surface area is 158 Å². The fourth-order valence-electron chi connectivity index (χ4n) is 2.98. The van der Waals surface area contributed by atoms with E-state index in [-0.39, 0.29) is 12.0 Å². The third-order valence-corrected chi connectivity index (χ3v) is 4.55. The molecule has 2 aromatic rings. The van der Waals surface area contributed by atoms with Gasteiger partial charge < -0.3 is 19.5 Å². The van der Waals surface area contributed by atoms with E-state index in [1.165, 1.54) is 7.11 Å². The average Bonchev–Trinajstić information content (AvgIpc) is 3.32. The highest BCUT2D eigenvalue weighted by Crippen LogP contribution is 2.23. The van der Waals surface area contributed by atoms with Gasteiger partial charge in [-0.15, -0.1) is 0 Å². The number of aryl methyl sites for hydroxylation is 1. The number of benzene rings is 1. The van der Waals surface area contributed by atoms with Crippen molar-refractivity contribution in [2.75, 3.05) is 13.7 Å². The van der Waals surface area contributed by atoms with E-state index in [0.717, 1.165) is 29.7 Å². The SMILES string of the molecule is CCC1=NO[C@H](CNC(=O)c2cccc(-c3cc(C(=O)OC)n(C)c3)c2)C1. The van der Waals surface area contributed by atoms with Crippen LogP contribution in [0.3, 0.4) is 0 Å². The number of aromatic nitrogens is 1. The van der Waals surface area contributed by atoms with Crippen molar-refractivity contribution >= 4 is 17.6 Å². The molecule has 27 heavy (non-hydrogen) atoms. The minimum atomic E-state index is -0.400. The molecule has 1 aliphatic rings. The van der Waals surface area contributed by atoms with Crippen LogP contribution >= 0.6 is 0 Å². The number of carbonyl (C=O) groups is 2. The monoisotopic (exact) mass is 369 g/mol. The number of rotatable bonds is 6. The Hall–Kier alpha value is -3.09. The minimum Gasteiger partial charge on any atom is -0.464 e. The Kier molecular flexibility index (Phi) is 5.59. The number of hydrogen-bond acceptors (Lipinski definition) is 5. The van der Waals surface area contributed by atoms with Crippen molar-refractivity contribution in [2.45, 2.75) is 25.9 Å². The first-order valence-electron chi connectivity index (χ1n) is 8.86. The Morgan fingerprint density at radius 1 is 1.33 bits per heavy atom. The zero-order valence-corrected chi connectivity index (χ0v) is 15.7. The van der Waals surface area contributed by atoms with Crippen molar-refractivity contribution in [3.05, 3.63) is 47.8 Å². The third kappa shape index (κ3) is 4.19. The summed E-state index contributed by atoms with van der Waals surface area (Å²) in [5.41, 5.74) is 3.70. The predicted molar refractivity (Wildman–Crippen MR) is 102 cm³/mol. The molecule has 0 spiro atoms. The Morgan fingerprint density at radius 2 is 2.15 bits per heavy atom. The lowest BCUT2D eigenvalue weighted by molar-refractivity contribution is 0.0590. The lowest BCUT2D eigenvalue weighted by Gasteiger charge is -2.10. The highest BCUT2D eigenvalue weighted by Gasteiger charge is 2.21. The van der Waals surface area contributed by atoms with Gasteiger partial charge in [-0.2, -0.15) is 0 Å². The van der Waals surface area contributed by atoms with Gasteiger partial charge in [-0.05, 0) is 30.2 Å². The molecule has 0 saturated carbocycles. The van der Waals surface area contributed by atoms with Gasteiger partial charge >= 0.3 is 5.97 Å². The van der Waals surface area contributed by atoms with Crippen molar-refractivity contribution in [1.29, 1.82) is 0 Å². The van der Waals surface area contributed by atoms with Gasteiger partial charge in [-0.3, -0.25) is 4.79 Å². The molecule has 1 aliphatic heterocycles. The second kappa shape index (κ2) is 8.07. The molecule has 0 bridgehead atoms. The molecule has 1 aromatic heterocycles. The molecule has 7 nitrogen and oxygen atoms in total. The Morgan fingerprint density at radius 3 is 2.85 bits per heavy atom. The van der Waals surface area contributed by atoms with Crippen molar-refractivity contribution in [3.63, 3.8) is 0 Å². The number of hydrogen-bond donors (Lipinski definition) is 1. The molecule has 142 valence electrons. The second-order valence-electron chi connectivity index (χ2n) is 6.45. The number of nitrogens with zero attached hydrogens (tertiary/aromatic N) is 2. The number of amides is 1. The summed E-state index contributed by atoms with van der Waals surface area (Å²) in [5.74, 6) is -0.572. The first-order chi connectivity index (χ1) is 13.0. The summed E-state index contributed by atoms with van der Waals surface area (Å²) in [6.07, 6.45) is 3.33. The van der Waals surface area contributed by atoms with Gasteiger partial charge in [-0.25, -0.2) is 4.79 Å². The number of esters is 1. The van der Waals surface area contributed by atoms with Gasteiger partial charge in [0.05, 0.1) is 19.4 Å². The quantitative estimate of drug-likeness (QED) is 0.794. The Balaban J connectivity index is 1.68. The Bertz CT molecular complexity index is 885. The molecular formula is C20H23N3O4. The van der Waals surface area contributed by atoms with Gasteiger partial charge in [0.1, 0.15) is 11.8 Å². The predicted octanol–water partition coefficient (Wildman–Crippen LogP) is 2.76. The van der Waals surface area contributed by atoms with E-state index in [4.69, 9.17) is 9.57 Å². The van der Waals surface area contributed by atoms with Crippen molar-refractivity contribution in [3.8, 4) is 11.1 Å². The summed E-state index contributed by atoms with van der Waals surface area (Å²) >= 11 is 0. The molecule has 1 aromatic carbocycles. The van der Waals surface area contributed by atoms with Crippen LogP contribution in [-0.2, 0) is 16.6 Å². The number of ether oxygens (including phenoxy) is 1. The zero-order chi connectivity index (χ0) is 19.4. The van der Waals surface area contributed by atoms with Crippen LogP contribution in [0.1, 0.15) is 40.6 Å². The van der Waals surface area contributed by atoms with E-state index in [0.29, 0.717) is 17.8 Å². The maximum atomic E-state index is 12.5. The summed E-state index contributed by atoms with van der Waals surface area (Å²) in [6.45, 7) is 2.44. The molecule has 1 atom stereocenters. The molecule has 1 N–H and O–H groups in total. The van der Waals surface area contributed by atoms with Gasteiger partial charge in [0, 0.05) is 30.8 Å². The van der Waals surface area contributed by atoms with E-state index >= 15 is 0 Å². The maximum absolute atomic E-state index is 12.5. The van der Waals surface area contributed by atoms with Gasteiger partial charge in [0.15, 0.2) is 0 Å². The highest BCUT2D eigenvalue weighted by molar-refractivity contribution is 5.96. The molecule has 0 fully saturated rings. The van der Waals surface area contributed by atoms with E-state index in [9.17, 15) is 9.59 Å². The fourth-order valence-corrected chi connectivity index (χ4v) is 2.98. The maximum Gasteiger partial charge on any atom is 0.354 e. The van der Waals surface area contributed by atoms with Crippen LogP contribution in [0.5, 0.6) is 0 Å². The fraction of sp³-hybridized carbons (Fsp3) is 0.350. The largest absolute Gasteiger partial charge is 0.464 e. The summed E-state index contributed by atoms with van der Waals surface area (Å²) in [4.78, 5) is 29.6. The van der Waals surface area contributed by atoms with Gasteiger partial charge in [0.2, 0.25) is 0 Å². The van der Waals surface area contributed by atoms with E-state index in [1.807, 2.05) is 25.3 Å². The molecule has 7 heteroatoms. The van der Waals surface area contributed by atoms with Gasteiger partial charge in [-0.1, -0.05) is 24.2 Å². The summed E-state index contributed by atoms with van der Waals surface area (Å²) in [7, 11) is 3.13. The third-order valence-electron chi connectivity index (χ3n) is 4.55. The van der Waals surface area contributed by atoms with Crippen LogP contribution in [0.25, 0.3) is 11.1 Å². The minimum absolute atomic E-state index is 0.108. The van der Waals surface area contributed by atoms with Crippen LogP contribution in [0, 0.1) is 0 Å². The number of nitrogens with one attached hydrogen (secondary N) is 1.